The molecule has 0 radical (unpaired) electrons. The number of hydrogen-bond donors (Lipinski definition) is 2. The number of carbonyl (C=O) groups excluding carboxylic acids is 1. The summed E-state index contributed by atoms with van der Waals surface area (Å²) >= 11 is 0. The first-order chi connectivity index (χ1) is 14.3. The minimum absolute atomic E-state index is 0.112. The average molecular weight is 496 g/mol. The van der Waals surface area contributed by atoms with Crippen LogP contribution in [0.1, 0.15) is 11.1 Å². The molecule has 0 fully saturated rings. The van der Waals surface area contributed by atoms with Crippen LogP contribution >= 0.6 is 0 Å². The normalized spacial score (nSPS) is 13.0. The first-order valence-electron chi connectivity index (χ1n) is 7.70. The highest BCUT2D eigenvalue weighted by Crippen LogP contribution is 2.45. The fourth-order valence-corrected chi connectivity index (χ4v) is 2.33. The second-order valence-electron chi connectivity index (χ2n) is 5.82. The van der Waals surface area contributed by atoms with Crippen LogP contribution in [0.5, 0.6) is 23.0 Å². The van der Waals surface area contributed by atoms with Crippen LogP contribution in [-0.4, -0.2) is 29.3 Å². The monoisotopic (exact) mass is 496 g/mol. The molecular weight excluding hydrogens is 488 g/mol. The van der Waals surface area contributed by atoms with E-state index in [9.17, 15) is 53.4 Å². The van der Waals surface area contributed by atoms with Crippen LogP contribution < -0.4 is 9.47 Å². The minimum atomic E-state index is -6.16. The van der Waals surface area contributed by atoms with Crippen molar-refractivity contribution in [3.63, 3.8) is 0 Å². The topological polar surface area (TPSA) is 110 Å². The molecule has 0 saturated heterocycles. The molecule has 16 heteroatoms. The summed E-state index contributed by atoms with van der Waals surface area (Å²) in [5.74, 6) is -7.15. The molecule has 0 aliphatic rings. The van der Waals surface area contributed by atoms with Crippen molar-refractivity contribution in [1.29, 1.82) is 0 Å². The van der Waals surface area contributed by atoms with Gasteiger partial charge in [-0.3, -0.25) is 4.55 Å². The first kappa shape index (κ1) is 25.1. The third kappa shape index (κ3) is 5.37. The molecule has 0 aliphatic heterocycles. The maximum absolute atomic E-state index is 13.1. The van der Waals surface area contributed by atoms with E-state index >= 15 is 0 Å². The lowest BCUT2D eigenvalue weighted by Crippen LogP contribution is -2.40. The largest absolute Gasteiger partial charge is 0.507 e. The lowest BCUT2D eigenvalue weighted by molar-refractivity contribution is -0.151. The number of rotatable bonds is 5. The molecule has 2 rings (SSSR count). The SMILES string of the molecule is O=C(Oc1ccc(Oc2cc(C(F)(F)F)c(O)cc2C(F)(F)F)cc1)C(F)(F)S(=O)(=O)O. The summed E-state index contributed by atoms with van der Waals surface area (Å²) < 4.78 is 142. The molecule has 0 unspecified atom stereocenters. The van der Waals surface area contributed by atoms with Crippen LogP contribution in [0, 0.1) is 0 Å². The van der Waals surface area contributed by atoms with Crippen LogP contribution in [0.3, 0.4) is 0 Å². The zero-order valence-corrected chi connectivity index (χ0v) is 15.6. The fourth-order valence-electron chi connectivity index (χ4n) is 2.08. The highest BCUT2D eigenvalue weighted by molar-refractivity contribution is 7.87. The van der Waals surface area contributed by atoms with Crippen molar-refractivity contribution in [2.24, 2.45) is 0 Å². The summed E-state index contributed by atoms with van der Waals surface area (Å²) in [5.41, 5.74) is -3.61. The van der Waals surface area contributed by atoms with E-state index < -0.39 is 67.8 Å². The van der Waals surface area contributed by atoms with Gasteiger partial charge in [-0.2, -0.15) is 43.5 Å². The van der Waals surface area contributed by atoms with Gasteiger partial charge in [-0.25, -0.2) is 4.79 Å². The number of alkyl halides is 8. The molecule has 2 N–H and O–H groups in total. The van der Waals surface area contributed by atoms with E-state index in [4.69, 9.17) is 9.29 Å². The Labute approximate surface area is 172 Å². The number of hydrogen-bond acceptors (Lipinski definition) is 6. The van der Waals surface area contributed by atoms with Crippen LogP contribution in [0.25, 0.3) is 0 Å². The quantitative estimate of drug-likeness (QED) is 0.269. The molecule has 0 spiro atoms. The Hall–Kier alpha value is -3.14. The molecule has 2 aromatic rings. The van der Waals surface area contributed by atoms with Gasteiger partial charge in [0.2, 0.25) is 0 Å². The molecule has 0 aliphatic carbocycles. The molecule has 0 heterocycles. The molecule has 7 nitrogen and oxygen atoms in total. The number of esters is 1. The third-order valence-electron chi connectivity index (χ3n) is 3.53. The molecule has 32 heavy (non-hydrogen) atoms. The number of ether oxygens (including phenoxy) is 2. The second-order valence-corrected chi connectivity index (χ2v) is 7.28. The van der Waals surface area contributed by atoms with E-state index in [-0.39, 0.29) is 12.1 Å². The van der Waals surface area contributed by atoms with Crippen molar-refractivity contribution in [2.45, 2.75) is 17.6 Å². The summed E-state index contributed by atoms with van der Waals surface area (Å²) in [6, 6.07) is 2.32. The Morgan fingerprint density at radius 1 is 0.812 bits per heavy atom. The van der Waals surface area contributed by atoms with Crippen molar-refractivity contribution in [3.05, 3.63) is 47.5 Å². The molecule has 0 atom stereocenters. The lowest BCUT2D eigenvalue weighted by atomic mass is 10.1. The van der Waals surface area contributed by atoms with Gasteiger partial charge in [0, 0.05) is 0 Å². The number of phenols is 1. The molecule has 0 saturated carbocycles. The van der Waals surface area contributed by atoms with Gasteiger partial charge in [-0.05, 0) is 36.4 Å². The van der Waals surface area contributed by atoms with Gasteiger partial charge in [0.05, 0.1) is 0 Å². The van der Waals surface area contributed by atoms with Crippen molar-refractivity contribution in [1.82, 2.24) is 0 Å². The predicted octanol–water partition coefficient (Wildman–Crippen LogP) is 4.61. The van der Waals surface area contributed by atoms with Crippen molar-refractivity contribution in [2.75, 3.05) is 0 Å². The standard InChI is InChI=1S/C16H8F8O7S/c17-14(18,19)9-6-12(10(5-11(9)25)15(20,21)22)30-7-1-3-8(4-2-7)31-13(26)16(23,24)32(27,28)29/h1-6,25H,(H,27,28,29). The fraction of sp³-hybridized carbons (Fsp3) is 0.188. The summed E-state index contributed by atoms with van der Waals surface area (Å²) in [4.78, 5) is 11.2. The van der Waals surface area contributed by atoms with Crippen LogP contribution in [0.4, 0.5) is 35.1 Å². The van der Waals surface area contributed by atoms with Gasteiger partial charge in [0.15, 0.2) is 0 Å². The number of carbonyl (C=O) groups is 1. The Bertz CT molecular complexity index is 1120. The van der Waals surface area contributed by atoms with E-state index in [2.05, 4.69) is 4.74 Å². The Morgan fingerprint density at radius 2 is 1.28 bits per heavy atom. The minimum Gasteiger partial charge on any atom is -0.507 e. The second kappa shape index (κ2) is 8.09. The zero-order valence-electron chi connectivity index (χ0n) is 14.8. The Kier molecular flexibility index (Phi) is 6.35. The molecule has 0 aromatic heterocycles. The highest BCUT2D eigenvalue weighted by Gasteiger charge is 2.54. The van der Waals surface area contributed by atoms with Crippen LogP contribution in [0.2, 0.25) is 0 Å². The molecule has 0 bridgehead atoms. The van der Waals surface area contributed by atoms with E-state index in [1.807, 2.05) is 0 Å². The third-order valence-corrected chi connectivity index (χ3v) is 4.35. The van der Waals surface area contributed by atoms with Crippen LogP contribution in [-0.2, 0) is 27.3 Å². The number of halogens is 8. The number of aromatic hydroxyl groups is 1. The maximum atomic E-state index is 13.1. The van der Waals surface area contributed by atoms with E-state index in [1.165, 1.54) is 0 Å². The summed E-state index contributed by atoms with van der Waals surface area (Å²) in [5, 5.41) is 3.95. The Balaban J connectivity index is 2.35. The molecule has 176 valence electrons. The van der Waals surface area contributed by atoms with Gasteiger partial charge in [-0.1, -0.05) is 0 Å². The average Bonchev–Trinajstić information content (AvgIpc) is 2.61. The number of benzene rings is 2. The van der Waals surface area contributed by atoms with Gasteiger partial charge >= 0.3 is 33.7 Å². The van der Waals surface area contributed by atoms with Crippen molar-refractivity contribution < 1.29 is 67.5 Å². The lowest BCUT2D eigenvalue weighted by Gasteiger charge is -2.17. The number of phenolic OH excluding ortho intramolecular Hbond substituents is 1. The van der Waals surface area contributed by atoms with Crippen molar-refractivity contribution in [3.8, 4) is 23.0 Å². The van der Waals surface area contributed by atoms with Crippen LogP contribution in [0.15, 0.2) is 36.4 Å². The van der Waals surface area contributed by atoms with Gasteiger partial charge in [0.1, 0.15) is 34.1 Å². The van der Waals surface area contributed by atoms with Gasteiger partial charge in [-0.15, -0.1) is 0 Å². The Morgan fingerprint density at radius 3 is 1.72 bits per heavy atom. The smallest absolute Gasteiger partial charge is 0.466 e. The maximum Gasteiger partial charge on any atom is 0.466 e. The summed E-state index contributed by atoms with van der Waals surface area (Å²) in [6.45, 7) is 0. The van der Waals surface area contributed by atoms with Gasteiger partial charge < -0.3 is 14.6 Å². The highest BCUT2D eigenvalue weighted by atomic mass is 32.2. The summed E-state index contributed by atoms with van der Waals surface area (Å²) in [6.07, 6.45) is -10.5. The van der Waals surface area contributed by atoms with Gasteiger partial charge in [0.25, 0.3) is 0 Å². The first-order valence-corrected chi connectivity index (χ1v) is 9.14. The molecular formula is C16H8F8O7S. The zero-order chi connectivity index (χ0) is 24.7. The van der Waals surface area contributed by atoms with Crippen molar-refractivity contribution >= 4 is 16.1 Å². The van der Waals surface area contributed by atoms with E-state index in [0.29, 0.717) is 24.3 Å². The predicted molar refractivity (Wildman–Crippen MR) is 86.8 cm³/mol. The molecule has 2 aromatic carbocycles. The van der Waals surface area contributed by atoms with E-state index in [1.54, 1.807) is 0 Å². The van der Waals surface area contributed by atoms with E-state index in [0.717, 1.165) is 0 Å². The molecule has 0 amide bonds. The summed E-state index contributed by atoms with van der Waals surface area (Å²) in [7, 11) is -6.16.